The van der Waals surface area contributed by atoms with E-state index in [4.69, 9.17) is 9.73 Å². The molecule has 3 nitrogen and oxygen atoms in total. The lowest BCUT2D eigenvalue weighted by Gasteiger charge is -2.22. The van der Waals surface area contributed by atoms with E-state index in [2.05, 4.69) is 66.5 Å². The predicted octanol–water partition coefficient (Wildman–Crippen LogP) is 5.63. The van der Waals surface area contributed by atoms with Crippen molar-refractivity contribution < 1.29 is 4.74 Å². The smallest absolute Gasteiger partial charge is 0.123 e. The molecule has 28 heavy (non-hydrogen) atoms. The van der Waals surface area contributed by atoms with Crippen molar-refractivity contribution in [2.24, 2.45) is 4.99 Å². The summed E-state index contributed by atoms with van der Waals surface area (Å²) < 4.78 is 5.66. The fraction of sp³-hybridized carbons (Fsp3) is 0.240. The molecule has 0 spiro atoms. The van der Waals surface area contributed by atoms with Gasteiger partial charge in [-0.25, -0.2) is 4.99 Å². The lowest BCUT2D eigenvalue weighted by Crippen LogP contribution is -2.18. The Kier molecular flexibility index (Phi) is 5.54. The number of hydrogen-bond acceptors (Lipinski definition) is 3. The zero-order chi connectivity index (χ0) is 19.3. The average molecular weight is 370 g/mol. The molecule has 1 saturated heterocycles. The quantitative estimate of drug-likeness (QED) is 0.544. The molecule has 1 aliphatic rings. The molecular formula is C25H26N2O. The standard InChI is InChI=1S/C25H26N2O/c1-27-17-9-14-23(27)22-18-21(15-16-24(22)28-2)26-25(19-10-5-3-6-11-19)20-12-7-4-8-13-20/h3-8,10-13,15-16,18,23H,9,14,17H2,1-2H3. The van der Waals surface area contributed by atoms with E-state index in [0.717, 1.165) is 41.2 Å². The maximum atomic E-state index is 5.66. The molecule has 1 fully saturated rings. The molecule has 1 aliphatic heterocycles. The van der Waals surface area contributed by atoms with Crippen LogP contribution in [0.1, 0.15) is 35.6 Å². The molecule has 1 atom stereocenters. The first-order valence-electron chi connectivity index (χ1n) is 9.84. The molecule has 0 N–H and O–H groups in total. The summed E-state index contributed by atoms with van der Waals surface area (Å²) in [6.07, 6.45) is 2.38. The zero-order valence-corrected chi connectivity index (χ0v) is 16.5. The minimum Gasteiger partial charge on any atom is -0.496 e. The minimum absolute atomic E-state index is 0.391. The third kappa shape index (κ3) is 3.85. The largest absolute Gasteiger partial charge is 0.496 e. The van der Waals surface area contributed by atoms with Crippen molar-refractivity contribution in [1.29, 1.82) is 0 Å². The molecule has 0 bridgehead atoms. The highest BCUT2D eigenvalue weighted by atomic mass is 16.5. The van der Waals surface area contributed by atoms with Crippen LogP contribution in [0.2, 0.25) is 0 Å². The monoisotopic (exact) mass is 370 g/mol. The van der Waals surface area contributed by atoms with Crippen molar-refractivity contribution in [2.45, 2.75) is 18.9 Å². The fourth-order valence-corrected chi connectivity index (χ4v) is 3.97. The van der Waals surface area contributed by atoms with E-state index < -0.39 is 0 Å². The first-order valence-corrected chi connectivity index (χ1v) is 9.84. The fourth-order valence-electron chi connectivity index (χ4n) is 3.97. The van der Waals surface area contributed by atoms with Crippen LogP contribution in [0.3, 0.4) is 0 Å². The summed E-state index contributed by atoms with van der Waals surface area (Å²) in [6.45, 7) is 1.13. The molecule has 0 aromatic heterocycles. The van der Waals surface area contributed by atoms with Gasteiger partial charge in [-0.15, -0.1) is 0 Å². The Morgan fingerprint density at radius 3 is 2.11 bits per heavy atom. The van der Waals surface area contributed by atoms with Gasteiger partial charge in [-0.2, -0.15) is 0 Å². The summed E-state index contributed by atoms with van der Waals surface area (Å²) in [5, 5.41) is 0. The Hall–Kier alpha value is -2.91. The molecular weight excluding hydrogens is 344 g/mol. The number of benzene rings is 3. The van der Waals surface area contributed by atoms with Crippen LogP contribution < -0.4 is 4.74 Å². The number of hydrogen-bond donors (Lipinski definition) is 0. The lowest BCUT2D eigenvalue weighted by atomic mass is 10.0. The van der Waals surface area contributed by atoms with Crippen LogP contribution in [0.15, 0.2) is 83.9 Å². The number of likely N-dealkylation sites (tertiary alicyclic amines) is 1. The third-order valence-electron chi connectivity index (χ3n) is 5.43. The Morgan fingerprint density at radius 2 is 1.57 bits per heavy atom. The molecule has 3 aromatic rings. The van der Waals surface area contributed by atoms with E-state index in [-0.39, 0.29) is 0 Å². The van der Waals surface area contributed by atoms with E-state index in [1.54, 1.807) is 7.11 Å². The van der Waals surface area contributed by atoms with Gasteiger partial charge in [-0.05, 0) is 44.6 Å². The molecule has 1 heterocycles. The van der Waals surface area contributed by atoms with Gasteiger partial charge in [0.1, 0.15) is 5.75 Å². The van der Waals surface area contributed by atoms with Crippen molar-refractivity contribution in [2.75, 3.05) is 20.7 Å². The van der Waals surface area contributed by atoms with Crippen molar-refractivity contribution in [3.63, 3.8) is 0 Å². The summed E-state index contributed by atoms with van der Waals surface area (Å²) >= 11 is 0. The Balaban J connectivity index is 1.80. The van der Waals surface area contributed by atoms with Crippen LogP contribution in [0.5, 0.6) is 5.75 Å². The van der Waals surface area contributed by atoms with Crippen LogP contribution in [0, 0.1) is 0 Å². The average Bonchev–Trinajstić information content (AvgIpc) is 3.19. The van der Waals surface area contributed by atoms with Crippen LogP contribution >= 0.6 is 0 Å². The second-order valence-electron chi connectivity index (χ2n) is 7.26. The maximum Gasteiger partial charge on any atom is 0.123 e. The maximum absolute atomic E-state index is 5.66. The van der Waals surface area contributed by atoms with Gasteiger partial charge in [-0.3, -0.25) is 4.90 Å². The normalized spacial score (nSPS) is 16.7. The number of rotatable bonds is 5. The molecule has 4 rings (SSSR count). The summed E-state index contributed by atoms with van der Waals surface area (Å²) in [5.41, 5.74) is 5.40. The van der Waals surface area contributed by atoms with E-state index in [1.807, 2.05) is 24.3 Å². The summed E-state index contributed by atoms with van der Waals surface area (Å²) in [6, 6.07) is 27.4. The molecule has 0 amide bonds. The van der Waals surface area contributed by atoms with Crippen LogP contribution in [0.4, 0.5) is 5.69 Å². The van der Waals surface area contributed by atoms with E-state index >= 15 is 0 Å². The Labute approximate surface area is 167 Å². The molecule has 3 heteroatoms. The van der Waals surface area contributed by atoms with Gasteiger partial charge in [-0.1, -0.05) is 60.7 Å². The summed E-state index contributed by atoms with van der Waals surface area (Å²) in [7, 11) is 3.93. The molecule has 142 valence electrons. The van der Waals surface area contributed by atoms with Crippen LogP contribution in [0.25, 0.3) is 0 Å². The van der Waals surface area contributed by atoms with Crippen molar-refractivity contribution >= 4 is 11.4 Å². The topological polar surface area (TPSA) is 24.8 Å². The van der Waals surface area contributed by atoms with Crippen molar-refractivity contribution in [3.8, 4) is 5.75 Å². The highest BCUT2D eigenvalue weighted by molar-refractivity contribution is 6.13. The minimum atomic E-state index is 0.391. The van der Waals surface area contributed by atoms with Gasteiger partial charge in [0.05, 0.1) is 18.5 Å². The van der Waals surface area contributed by atoms with Gasteiger partial charge in [0.25, 0.3) is 0 Å². The van der Waals surface area contributed by atoms with E-state index in [9.17, 15) is 0 Å². The molecule has 1 unspecified atom stereocenters. The van der Waals surface area contributed by atoms with Gasteiger partial charge < -0.3 is 4.74 Å². The van der Waals surface area contributed by atoms with Gasteiger partial charge in [0, 0.05) is 22.7 Å². The van der Waals surface area contributed by atoms with Crippen molar-refractivity contribution in [1.82, 2.24) is 4.90 Å². The molecule has 0 radical (unpaired) electrons. The first-order chi connectivity index (χ1) is 13.8. The van der Waals surface area contributed by atoms with E-state index in [0.29, 0.717) is 6.04 Å². The van der Waals surface area contributed by atoms with Crippen LogP contribution in [-0.2, 0) is 0 Å². The second-order valence-corrected chi connectivity index (χ2v) is 7.26. The van der Waals surface area contributed by atoms with Gasteiger partial charge >= 0.3 is 0 Å². The Morgan fingerprint density at radius 1 is 0.929 bits per heavy atom. The van der Waals surface area contributed by atoms with E-state index in [1.165, 1.54) is 12.0 Å². The summed E-state index contributed by atoms with van der Waals surface area (Å²) in [4.78, 5) is 7.48. The first kappa shape index (κ1) is 18.5. The second kappa shape index (κ2) is 8.41. The SMILES string of the molecule is COc1ccc(N=C(c2ccccc2)c2ccccc2)cc1C1CCCN1C. The molecule has 3 aromatic carbocycles. The van der Waals surface area contributed by atoms with Crippen molar-refractivity contribution in [3.05, 3.63) is 95.6 Å². The lowest BCUT2D eigenvalue weighted by molar-refractivity contribution is 0.305. The predicted molar refractivity (Wildman–Crippen MR) is 116 cm³/mol. The number of nitrogens with zero attached hydrogens (tertiary/aromatic N) is 2. The van der Waals surface area contributed by atoms with Crippen LogP contribution in [-0.4, -0.2) is 31.3 Å². The highest BCUT2D eigenvalue weighted by Crippen LogP contribution is 2.38. The highest BCUT2D eigenvalue weighted by Gasteiger charge is 2.25. The molecule has 0 aliphatic carbocycles. The summed E-state index contributed by atoms with van der Waals surface area (Å²) in [5.74, 6) is 0.943. The number of aliphatic imine (C=N–C) groups is 1. The molecule has 0 saturated carbocycles. The number of ether oxygens (including phenoxy) is 1. The zero-order valence-electron chi connectivity index (χ0n) is 16.5. The van der Waals surface area contributed by atoms with Gasteiger partial charge in [0.2, 0.25) is 0 Å². The number of methoxy groups -OCH3 is 1. The Bertz CT molecular complexity index is 909. The van der Waals surface area contributed by atoms with Gasteiger partial charge in [0.15, 0.2) is 0 Å². The third-order valence-corrected chi connectivity index (χ3v) is 5.43.